The average molecular weight is 242 g/mol. The highest BCUT2D eigenvalue weighted by atomic mass is 16.6. The first-order chi connectivity index (χ1) is 8.06. The lowest BCUT2D eigenvalue weighted by atomic mass is 9.96. The minimum atomic E-state index is -0.573. The molecule has 0 aromatic rings. The molecule has 0 aromatic carbocycles. The molecule has 94 valence electrons. The molecule has 3 atom stereocenters. The van der Waals surface area contributed by atoms with Crippen LogP contribution in [-0.2, 0) is 23.8 Å². The fourth-order valence-corrected chi connectivity index (χ4v) is 1.47. The van der Waals surface area contributed by atoms with Crippen molar-refractivity contribution in [2.45, 2.75) is 24.6 Å². The van der Waals surface area contributed by atoms with Crippen molar-refractivity contribution in [1.82, 2.24) is 0 Å². The Balaban J connectivity index is 2.44. The fourth-order valence-electron chi connectivity index (χ4n) is 1.47. The van der Waals surface area contributed by atoms with E-state index < -0.39 is 30.1 Å². The quantitative estimate of drug-likeness (QED) is 0.409. The van der Waals surface area contributed by atoms with Gasteiger partial charge in [0.15, 0.2) is 0 Å². The molecule has 0 unspecified atom stereocenters. The van der Waals surface area contributed by atoms with E-state index >= 15 is 0 Å². The van der Waals surface area contributed by atoms with E-state index in [2.05, 4.69) is 0 Å². The standard InChI is InChI=1S/C9H15BN2O5/c10-7-1-5(17-9(14)3-12)6(16-7)4-15-8(13)2-11/h5-7H,1-4,11-12H2/t5-,6-,7-/m0/s1. The predicted octanol–water partition coefficient (Wildman–Crippen LogP) is -2.36. The van der Waals surface area contributed by atoms with Crippen LogP contribution in [0.5, 0.6) is 0 Å². The van der Waals surface area contributed by atoms with E-state index in [1.165, 1.54) is 0 Å². The van der Waals surface area contributed by atoms with Gasteiger partial charge in [-0.1, -0.05) is 0 Å². The zero-order valence-corrected chi connectivity index (χ0v) is 9.33. The summed E-state index contributed by atoms with van der Waals surface area (Å²) in [7, 11) is 5.56. The lowest BCUT2D eigenvalue weighted by Gasteiger charge is -2.18. The minimum absolute atomic E-state index is 0.0494. The highest BCUT2D eigenvalue weighted by Crippen LogP contribution is 2.22. The predicted molar refractivity (Wildman–Crippen MR) is 58.0 cm³/mol. The van der Waals surface area contributed by atoms with Gasteiger partial charge in [0.1, 0.15) is 26.7 Å². The molecule has 7 nitrogen and oxygen atoms in total. The zero-order chi connectivity index (χ0) is 12.8. The Bertz CT molecular complexity index is 289. The molecule has 1 fully saturated rings. The molecular formula is C9H15BN2O5. The van der Waals surface area contributed by atoms with Crippen molar-refractivity contribution < 1.29 is 23.8 Å². The monoisotopic (exact) mass is 242 g/mol. The van der Waals surface area contributed by atoms with Crippen molar-refractivity contribution in [1.29, 1.82) is 0 Å². The normalized spacial score (nSPS) is 27.8. The molecule has 1 saturated heterocycles. The molecule has 8 heteroatoms. The Morgan fingerprint density at radius 2 is 1.94 bits per heavy atom. The second kappa shape index (κ2) is 6.58. The van der Waals surface area contributed by atoms with Crippen LogP contribution in [-0.4, -0.2) is 57.7 Å². The lowest BCUT2D eigenvalue weighted by molar-refractivity contribution is -0.155. The Morgan fingerprint density at radius 3 is 2.53 bits per heavy atom. The average Bonchev–Trinajstić information content (AvgIpc) is 2.66. The summed E-state index contributed by atoms with van der Waals surface area (Å²) in [5, 5.41) is 0. The van der Waals surface area contributed by atoms with Crippen molar-refractivity contribution in [2.75, 3.05) is 19.7 Å². The summed E-state index contributed by atoms with van der Waals surface area (Å²) in [5.74, 6) is -1.11. The van der Waals surface area contributed by atoms with Gasteiger partial charge in [-0.2, -0.15) is 0 Å². The zero-order valence-electron chi connectivity index (χ0n) is 9.33. The summed E-state index contributed by atoms with van der Waals surface area (Å²) in [6, 6.07) is -0.549. The number of hydrogen-bond donors (Lipinski definition) is 2. The summed E-state index contributed by atoms with van der Waals surface area (Å²) in [5.41, 5.74) is 10.2. The molecule has 1 aliphatic rings. The minimum Gasteiger partial charge on any atom is -0.462 e. The van der Waals surface area contributed by atoms with E-state index in [4.69, 9.17) is 33.5 Å². The van der Waals surface area contributed by atoms with E-state index in [1.807, 2.05) is 0 Å². The van der Waals surface area contributed by atoms with Crippen LogP contribution in [0, 0.1) is 0 Å². The largest absolute Gasteiger partial charge is 0.462 e. The van der Waals surface area contributed by atoms with Crippen LogP contribution in [0.15, 0.2) is 0 Å². The first kappa shape index (κ1) is 13.9. The Kier molecular flexibility index (Phi) is 5.40. The van der Waals surface area contributed by atoms with E-state index in [0.717, 1.165) is 0 Å². The van der Waals surface area contributed by atoms with Crippen LogP contribution in [0.2, 0.25) is 0 Å². The van der Waals surface area contributed by atoms with E-state index in [-0.39, 0.29) is 19.7 Å². The summed E-state index contributed by atoms with van der Waals surface area (Å²) in [6.07, 6.45) is -0.779. The van der Waals surface area contributed by atoms with Crippen LogP contribution in [0.1, 0.15) is 6.42 Å². The van der Waals surface area contributed by atoms with Crippen molar-refractivity contribution >= 4 is 19.8 Å². The van der Waals surface area contributed by atoms with Crippen LogP contribution in [0.25, 0.3) is 0 Å². The molecule has 2 radical (unpaired) electrons. The summed E-state index contributed by atoms with van der Waals surface area (Å²) < 4.78 is 15.1. The third-order valence-electron chi connectivity index (χ3n) is 2.25. The number of hydrogen-bond acceptors (Lipinski definition) is 7. The smallest absolute Gasteiger partial charge is 0.320 e. The maximum atomic E-state index is 11.0. The molecule has 0 aromatic heterocycles. The molecule has 0 spiro atoms. The number of carbonyl (C=O) groups excluding carboxylic acids is 2. The third kappa shape index (κ3) is 4.33. The van der Waals surface area contributed by atoms with E-state index in [1.54, 1.807) is 0 Å². The van der Waals surface area contributed by atoms with Crippen LogP contribution < -0.4 is 11.5 Å². The SMILES string of the molecule is [B][C@@H]1C[C@H](OC(=O)CN)[C@H](COC(=O)CN)O1. The molecule has 1 rings (SSSR count). The highest BCUT2D eigenvalue weighted by Gasteiger charge is 2.36. The Morgan fingerprint density at radius 1 is 1.29 bits per heavy atom. The summed E-state index contributed by atoms with van der Waals surface area (Å²) in [6.45, 7) is -0.487. The molecule has 0 amide bonds. The number of esters is 2. The van der Waals surface area contributed by atoms with E-state index in [9.17, 15) is 9.59 Å². The summed E-state index contributed by atoms with van der Waals surface area (Å²) in [4.78, 5) is 21.9. The van der Waals surface area contributed by atoms with Gasteiger partial charge >= 0.3 is 11.9 Å². The number of rotatable bonds is 5. The van der Waals surface area contributed by atoms with Gasteiger partial charge in [-0.3, -0.25) is 9.59 Å². The van der Waals surface area contributed by atoms with Gasteiger partial charge in [0.05, 0.1) is 13.1 Å². The first-order valence-electron chi connectivity index (χ1n) is 5.23. The van der Waals surface area contributed by atoms with Crippen molar-refractivity contribution in [3.63, 3.8) is 0 Å². The molecule has 1 aliphatic heterocycles. The van der Waals surface area contributed by atoms with Crippen LogP contribution in [0.3, 0.4) is 0 Å². The lowest BCUT2D eigenvalue weighted by Crippen LogP contribution is -2.34. The molecule has 4 N–H and O–H groups in total. The maximum Gasteiger partial charge on any atom is 0.320 e. The van der Waals surface area contributed by atoms with Crippen molar-refractivity contribution in [3.05, 3.63) is 0 Å². The Hall–Kier alpha value is -1.12. The van der Waals surface area contributed by atoms with Gasteiger partial charge in [0.2, 0.25) is 0 Å². The topological polar surface area (TPSA) is 114 Å². The van der Waals surface area contributed by atoms with Gasteiger partial charge in [-0.15, -0.1) is 0 Å². The van der Waals surface area contributed by atoms with Crippen molar-refractivity contribution in [2.24, 2.45) is 11.5 Å². The fraction of sp³-hybridized carbons (Fsp3) is 0.778. The van der Waals surface area contributed by atoms with E-state index in [0.29, 0.717) is 6.42 Å². The summed E-state index contributed by atoms with van der Waals surface area (Å²) >= 11 is 0. The van der Waals surface area contributed by atoms with Gasteiger partial charge in [-0.05, 0) is 0 Å². The number of carbonyl (C=O) groups is 2. The van der Waals surface area contributed by atoms with Gasteiger partial charge in [0, 0.05) is 12.4 Å². The third-order valence-corrected chi connectivity index (χ3v) is 2.25. The van der Waals surface area contributed by atoms with Gasteiger partial charge < -0.3 is 25.7 Å². The highest BCUT2D eigenvalue weighted by molar-refractivity contribution is 6.11. The second-order valence-electron chi connectivity index (χ2n) is 3.57. The van der Waals surface area contributed by atoms with Gasteiger partial charge in [0.25, 0.3) is 0 Å². The van der Waals surface area contributed by atoms with Gasteiger partial charge in [-0.25, -0.2) is 0 Å². The molecular weight excluding hydrogens is 227 g/mol. The molecule has 0 aliphatic carbocycles. The Labute approximate surface area is 100 Å². The first-order valence-corrected chi connectivity index (χ1v) is 5.23. The van der Waals surface area contributed by atoms with Crippen LogP contribution in [0.4, 0.5) is 0 Å². The van der Waals surface area contributed by atoms with Crippen molar-refractivity contribution in [3.8, 4) is 0 Å². The molecule has 17 heavy (non-hydrogen) atoms. The second-order valence-corrected chi connectivity index (χ2v) is 3.57. The number of nitrogens with two attached hydrogens (primary N) is 2. The molecule has 1 heterocycles. The number of ether oxygens (including phenoxy) is 3. The molecule has 0 bridgehead atoms. The maximum absolute atomic E-state index is 11.0. The van der Waals surface area contributed by atoms with Crippen LogP contribution >= 0.6 is 0 Å². The molecule has 0 saturated carbocycles.